The van der Waals surface area contributed by atoms with Gasteiger partial charge < -0.3 is 14.2 Å². The Hall–Kier alpha value is -7.69. The lowest BCUT2D eigenvalue weighted by atomic mass is 10.0. The summed E-state index contributed by atoms with van der Waals surface area (Å²) in [7, 11) is 0. The number of oxazole rings is 1. The molecule has 0 atom stereocenters. The lowest BCUT2D eigenvalue weighted by Gasteiger charge is -2.28. The maximum Gasteiger partial charge on any atom is 0.227 e. The van der Waals surface area contributed by atoms with E-state index in [9.17, 15) is 0 Å². The fourth-order valence-corrected chi connectivity index (χ4v) is 7.74. The van der Waals surface area contributed by atoms with Crippen molar-refractivity contribution < 1.29 is 4.42 Å². The molecular formula is C53H37N3O. The molecule has 0 unspecified atom stereocenters. The minimum Gasteiger partial charge on any atom is -0.435 e. The first-order chi connectivity index (χ1) is 28.3. The van der Waals surface area contributed by atoms with Gasteiger partial charge in [-0.15, -0.1) is 0 Å². The highest BCUT2D eigenvalue weighted by atomic mass is 16.3. The summed E-state index contributed by atoms with van der Waals surface area (Å²) in [6, 6.07) is 78.5. The van der Waals surface area contributed by atoms with Crippen molar-refractivity contribution in [1.29, 1.82) is 0 Å². The standard InChI is InChI=1S/C53H37N3O/c1-6-17-38(18-7-1)40-29-33-46(34-30-40)55(44-24-12-4-13-25-44)48-28-16-23-43-37-49(51-52(50(43)48)57-53(54-51)42-21-10-3-11-22-42)56(45-26-14-5-15-27-45)47-35-31-41(32-36-47)39-19-8-2-9-20-39/h1-37H. The Balaban J connectivity index is 1.21. The van der Waals surface area contributed by atoms with Gasteiger partial charge in [0, 0.05) is 28.3 Å². The van der Waals surface area contributed by atoms with Gasteiger partial charge in [-0.2, -0.15) is 0 Å². The monoisotopic (exact) mass is 731 g/mol. The lowest BCUT2D eigenvalue weighted by Crippen LogP contribution is -2.12. The molecule has 9 aromatic carbocycles. The Bertz CT molecular complexity index is 2910. The maximum absolute atomic E-state index is 6.98. The summed E-state index contributed by atoms with van der Waals surface area (Å²) in [6.07, 6.45) is 0. The third-order valence-corrected chi connectivity index (χ3v) is 10.5. The van der Waals surface area contributed by atoms with Crippen LogP contribution in [0.25, 0.3) is 55.6 Å². The van der Waals surface area contributed by atoms with Crippen LogP contribution in [0.2, 0.25) is 0 Å². The van der Waals surface area contributed by atoms with Gasteiger partial charge in [-0.1, -0.05) is 152 Å². The van der Waals surface area contributed by atoms with E-state index in [0.29, 0.717) is 5.89 Å². The highest BCUT2D eigenvalue weighted by Crippen LogP contribution is 2.48. The molecule has 0 spiro atoms. The molecule has 1 heterocycles. The predicted octanol–water partition coefficient (Wildman–Crippen LogP) is 14.9. The summed E-state index contributed by atoms with van der Waals surface area (Å²) >= 11 is 0. The van der Waals surface area contributed by atoms with Gasteiger partial charge in [0.05, 0.1) is 16.8 Å². The first-order valence-corrected chi connectivity index (χ1v) is 19.2. The molecule has 0 saturated carbocycles. The van der Waals surface area contributed by atoms with E-state index in [1.54, 1.807) is 0 Å². The van der Waals surface area contributed by atoms with Gasteiger partial charge in [0.2, 0.25) is 5.89 Å². The molecule has 0 saturated heterocycles. The molecule has 0 amide bonds. The molecule has 4 nitrogen and oxygen atoms in total. The zero-order valence-electron chi connectivity index (χ0n) is 31.1. The van der Waals surface area contributed by atoms with E-state index in [2.05, 4.69) is 210 Å². The van der Waals surface area contributed by atoms with Crippen molar-refractivity contribution in [3.05, 3.63) is 224 Å². The SMILES string of the molecule is c1ccc(-c2ccc(N(c3ccccc3)c3cc4cccc(N(c5ccccc5)c5ccc(-c6ccccc6)cc5)c4c4oc(-c5ccccc5)nc34)cc2)cc1. The maximum atomic E-state index is 6.98. The summed E-state index contributed by atoms with van der Waals surface area (Å²) in [4.78, 5) is 9.94. The Morgan fingerprint density at radius 2 is 0.737 bits per heavy atom. The number of rotatable bonds is 9. The van der Waals surface area contributed by atoms with Crippen molar-refractivity contribution >= 4 is 56.0 Å². The number of para-hydroxylation sites is 2. The van der Waals surface area contributed by atoms with Gasteiger partial charge in [0.25, 0.3) is 0 Å². The molecule has 1 aromatic heterocycles. The number of benzene rings is 9. The van der Waals surface area contributed by atoms with Gasteiger partial charge in [-0.25, -0.2) is 4.98 Å². The highest BCUT2D eigenvalue weighted by molar-refractivity contribution is 6.17. The molecule has 4 heteroatoms. The van der Waals surface area contributed by atoms with Crippen LogP contribution in [0.1, 0.15) is 0 Å². The van der Waals surface area contributed by atoms with Crippen molar-refractivity contribution in [2.45, 2.75) is 0 Å². The smallest absolute Gasteiger partial charge is 0.227 e. The van der Waals surface area contributed by atoms with Gasteiger partial charge in [-0.3, -0.25) is 0 Å². The average Bonchev–Trinajstić information content (AvgIpc) is 3.75. The minimum atomic E-state index is 0.570. The normalized spacial score (nSPS) is 11.2. The second-order valence-corrected chi connectivity index (χ2v) is 14.0. The van der Waals surface area contributed by atoms with Gasteiger partial charge in [-0.05, 0) is 100 Å². The number of hydrogen-bond acceptors (Lipinski definition) is 4. The molecule has 57 heavy (non-hydrogen) atoms. The zero-order valence-corrected chi connectivity index (χ0v) is 31.1. The third kappa shape index (κ3) is 6.49. The van der Waals surface area contributed by atoms with Crippen LogP contribution in [0, 0.1) is 0 Å². The van der Waals surface area contributed by atoms with Crippen LogP contribution in [0.3, 0.4) is 0 Å². The van der Waals surface area contributed by atoms with Crippen LogP contribution in [0.15, 0.2) is 229 Å². The Morgan fingerprint density at radius 1 is 0.333 bits per heavy atom. The number of fused-ring (bicyclic) bond motifs is 3. The van der Waals surface area contributed by atoms with Crippen molar-refractivity contribution in [2.75, 3.05) is 9.80 Å². The van der Waals surface area contributed by atoms with E-state index >= 15 is 0 Å². The Labute approximate surface area is 332 Å². The summed E-state index contributed by atoms with van der Waals surface area (Å²) < 4.78 is 6.98. The van der Waals surface area contributed by atoms with Crippen LogP contribution in [0.5, 0.6) is 0 Å². The Morgan fingerprint density at radius 3 is 1.23 bits per heavy atom. The molecule has 0 aliphatic carbocycles. The number of anilines is 6. The number of hydrogen-bond donors (Lipinski definition) is 0. The summed E-state index contributed by atoms with van der Waals surface area (Å²) in [5, 5.41) is 2.02. The minimum absolute atomic E-state index is 0.570. The van der Waals surface area contributed by atoms with Crippen molar-refractivity contribution in [3.8, 4) is 33.7 Å². The van der Waals surface area contributed by atoms with E-state index in [1.165, 1.54) is 11.1 Å². The van der Waals surface area contributed by atoms with Crippen molar-refractivity contribution in [2.24, 2.45) is 0 Å². The molecule has 270 valence electrons. The molecular weight excluding hydrogens is 695 g/mol. The van der Waals surface area contributed by atoms with Gasteiger partial charge >= 0.3 is 0 Å². The molecule has 0 fully saturated rings. The Kier molecular flexibility index (Phi) is 8.82. The quantitative estimate of drug-likeness (QED) is 0.148. The van der Waals surface area contributed by atoms with Crippen LogP contribution >= 0.6 is 0 Å². The van der Waals surface area contributed by atoms with Gasteiger partial charge in [0.1, 0.15) is 5.52 Å². The molecule has 0 aliphatic heterocycles. The van der Waals surface area contributed by atoms with E-state index in [0.717, 1.165) is 72.7 Å². The second kappa shape index (κ2) is 14.9. The van der Waals surface area contributed by atoms with Crippen LogP contribution in [-0.4, -0.2) is 4.98 Å². The number of aromatic nitrogens is 1. The third-order valence-electron chi connectivity index (χ3n) is 10.5. The fourth-order valence-electron chi connectivity index (χ4n) is 7.74. The van der Waals surface area contributed by atoms with E-state index in [1.807, 2.05) is 24.3 Å². The zero-order chi connectivity index (χ0) is 38.0. The lowest BCUT2D eigenvalue weighted by molar-refractivity contribution is 0.623. The van der Waals surface area contributed by atoms with Crippen molar-refractivity contribution in [3.63, 3.8) is 0 Å². The van der Waals surface area contributed by atoms with Crippen LogP contribution in [-0.2, 0) is 0 Å². The molecule has 10 rings (SSSR count). The highest BCUT2D eigenvalue weighted by Gasteiger charge is 2.25. The largest absolute Gasteiger partial charge is 0.435 e. The average molecular weight is 732 g/mol. The molecule has 0 radical (unpaired) electrons. The first kappa shape index (κ1) is 33.8. The summed E-state index contributed by atoms with van der Waals surface area (Å²) in [6.45, 7) is 0. The fraction of sp³-hybridized carbons (Fsp3) is 0. The molecule has 0 N–H and O–H groups in total. The van der Waals surface area contributed by atoms with E-state index < -0.39 is 0 Å². The van der Waals surface area contributed by atoms with Gasteiger partial charge in [0.15, 0.2) is 5.58 Å². The molecule has 0 aliphatic rings. The van der Waals surface area contributed by atoms with Crippen LogP contribution in [0.4, 0.5) is 34.1 Å². The van der Waals surface area contributed by atoms with Crippen LogP contribution < -0.4 is 9.80 Å². The molecule has 10 aromatic rings. The molecule has 0 bridgehead atoms. The van der Waals surface area contributed by atoms with E-state index in [-0.39, 0.29) is 0 Å². The van der Waals surface area contributed by atoms with E-state index in [4.69, 9.17) is 9.40 Å². The second-order valence-electron chi connectivity index (χ2n) is 14.0. The van der Waals surface area contributed by atoms with Crippen molar-refractivity contribution in [1.82, 2.24) is 4.98 Å². The first-order valence-electron chi connectivity index (χ1n) is 19.2. The predicted molar refractivity (Wildman–Crippen MR) is 237 cm³/mol. The summed E-state index contributed by atoms with van der Waals surface area (Å²) in [5.74, 6) is 0.570. The topological polar surface area (TPSA) is 32.5 Å². The summed E-state index contributed by atoms with van der Waals surface area (Å²) in [5.41, 5.74) is 13.2. The number of nitrogens with zero attached hydrogens (tertiary/aromatic N) is 3.